The van der Waals surface area contributed by atoms with E-state index in [1.165, 1.54) is 4.90 Å². The number of nitrogens with one attached hydrogen (secondary N) is 1. The average Bonchev–Trinajstić information content (AvgIpc) is 3.07. The molecule has 5 rings (SSSR count). The van der Waals surface area contributed by atoms with E-state index >= 15 is 0 Å². The van der Waals surface area contributed by atoms with Gasteiger partial charge in [0.25, 0.3) is 5.91 Å². The Kier molecular flexibility index (Phi) is 5.72. The zero-order chi connectivity index (χ0) is 22.4. The highest BCUT2D eigenvalue weighted by Gasteiger charge is 2.43. The smallest absolute Gasteiger partial charge is 0.291 e. The number of hydrogen-bond acceptors (Lipinski definition) is 4. The zero-order valence-electron chi connectivity index (χ0n) is 17.6. The summed E-state index contributed by atoms with van der Waals surface area (Å²) in [5.41, 5.74) is 2.29. The molecule has 0 bridgehead atoms. The summed E-state index contributed by atoms with van der Waals surface area (Å²) >= 11 is 12.4. The minimum absolute atomic E-state index is 0.111. The topological polar surface area (TPSA) is 64.2 Å². The van der Waals surface area contributed by atoms with Crippen molar-refractivity contribution in [1.82, 2.24) is 4.90 Å². The summed E-state index contributed by atoms with van der Waals surface area (Å²) in [6.07, 6.45) is 0. The van der Waals surface area contributed by atoms with E-state index in [1.807, 2.05) is 19.1 Å². The van der Waals surface area contributed by atoms with Gasteiger partial charge in [0, 0.05) is 0 Å². The number of carbonyl (C=O) groups excluding carboxylic acids is 1. The first-order valence-electron chi connectivity index (χ1n) is 10.7. The predicted molar refractivity (Wildman–Crippen MR) is 123 cm³/mol. The molecule has 1 saturated heterocycles. The zero-order valence-corrected chi connectivity index (χ0v) is 19.1. The van der Waals surface area contributed by atoms with Crippen LogP contribution in [0.15, 0.2) is 45.6 Å². The molecular formula is C24H23Cl2N2O4+. The molecule has 0 aliphatic carbocycles. The van der Waals surface area contributed by atoms with Crippen molar-refractivity contribution >= 4 is 40.1 Å². The molecule has 2 aromatic carbocycles. The van der Waals surface area contributed by atoms with Crippen molar-refractivity contribution in [2.75, 3.05) is 39.4 Å². The number of benzene rings is 2. The number of hydrogen-bond donors (Lipinski definition) is 1. The molecule has 2 aliphatic heterocycles. The molecule has 1 amide bonds. The Morgan fingerprint density at radius 3 is 2.59 bits per heavy atom. The molecule has 0 radical (unpaired) electrons. The van der Waals surface area contributed by atoms with Gasteiger partial charge in [-0.15, -0.1) is 0 Å². The number of quaternary nitrogens is 1. The lowest BCUT2D eigenvalue weighted by Gasteiger charge is -2.29. The molecule has 1 atom stereocenters. The molecule has 32 heavy (non-hydrogen) atoms. The predicted octanol–water partition coefficient (Wildman–Crippen LogP) is 2.87. The number of rotatable bonds is 4. The SMILES string of the molecule is Cc1ccc2oc3c(c(=O)c2c1)[C@@H](c1ccc(Cl)c(Cl)c1)N(CC[NH+]1CCOCC1)C3=O. The second kappa shape index (κ2) is 8.52. The van der Waals surface area contributed by atoms with E-state index in [-0.39, 0.29) is 17.1 Å². The Balaban J connectivity index is 1.62. The first-order valence-corrected chi connectivity index (χ1v) is 11.4. The minimum atomic E-state index is -0.575. The molecule has 2 aliphatic rings. The van der Waals surface area contributed by atoms with Crippen LogP contribution in [0, 0.1) is 6.92 Å². The van der Waals surface area contributed by atoms with Gasteiger partial charge in [0.05, 0.1) is 53.3 Å². The van der Waals surface area contributed by atoms with Gasteiger partial charge in [-0.2, -0.15) is 0 Å². The van der Waals surface area contributed by atoms with Crippen LogP contribution >= 0.6 is 23.2 Å². The van der Waals surface area contributed by atoms with Gasteiger partial charge in [-0.25, -0.2) is 0 Å². The van der Waals surface area contributed by atoms with Gasteiger partial charge in [0.1, 0.15) is 18.7 Å². The van der Waals surface area contributed by atoms with Crippen LogP contribution in [0.4, 0.5) is 0 Å². The molecule has 0 spiro atoms. The number of amides is 1. The second-order valence-corrected chi connectivity index (χ2v) is 9.18. The van der Waals surface area contributed by atoms with Gasteiger partial charge in [0.15, 0.2) is 5.43 Å². The van der Waals surface area contributed by atoms with E-state index in [2.05, 4.69) is 0 Å². The number of carbonyl (C=O) groups is 1. The lowest BCUT2D eigenvalue weighted by atomic mass is 9.98. The van der Waals surface area contributed by atoms with Gasteiger partial charge in [-0.1, -0.05) is 40.9 Å². The van der Waals surface area contributed by atoms with Crippen LogP contribution in [0.3, 0.4) is 0 Å². The highest BCUT2D eigenvalue weighted by molar-refractivity contribution is 6.42. The molecule has 166 valence electrons. The summed E-state index contributed by atoms with van der Waals surface area (Å²) in [5.74, 6) is -0.164. The maximum absolute atomic E-state index is 13.6. The Morgan fingerprint density at radius 2 is 1.84 bits per heavy atom. The van der Waals surface area contributed by atoms with Crippen LogP contribution in [0.2, 0.25) is 10.0 Å². The summed E-state index contributed by atoms with van der Waals surface area (Å²) in [4.78, 5) is 30.1. The summed E-state index contributed by atoms with van der Waals surface area (Å²) in [6.45, 7) is 6.38. The highest BCUT2D eigenvalue weighted by Crippen LogP contribution is 2.39. The normalized spacial score (nSPS) is 19.0. The van der Waals surface area contributed by atoms with Gasteiger partial charge in [0.2, 0.25) is 5.76 Å². The van der Waals surface area contributed by atoms with Crippen LogP contribution in [-0.4, -0.2) is 50.2 Å². The summed E-state index contributed by atoms with van der Waals surface area (Å²) < 4.78 is 11.4. The van der Waals surface area contributed by atoms with Gasteiger partial charge < -0.3 is 19.0 Å². The first-order chi connectivity index (χ1) is 15.4. The van der Waals surface area contributed by atoms with Crippen molar-refractivity contribution in [3.8, 4) is 0 Å². The number of ether oxygens (including phenoxy) is 1. The molecular weight excluding hydrogens is 451 g/mol. The molecule has 3 aromatic rings. The summed E-state index contributed by atoms with van der Waals surface area (Å²) in [7, 11) is 0. The second-order valence-electron chi connectivity index (χ2n) is 8.36. The van der Waals surface area contributed by atoms with Gasteiger partial charge in [-0.3, -0.25) is 9.59 Å². The first kappa shape index (κ1) is 21.5. The fourth-order valence-electron chi connectivity index (χ4n) is 4.58. The molecule has 8 heteroatoms. The standard InChI is InChI=1S/C24H22Cl2N2O4/c1-14-2-5-19-16(12-14)22(29)20-21(15-3-4-17(25)18(26)13-15)28(24(30)23(20)32-19)7-6-27-8-10-31-11-9-27/h2-5,12-13,21H,6-11H2,1H3/p+1/t21-/m1/s1. The fraction of sp³-hybridized carbons (Fsp3) is 0.333. The monoisotopic (exact) mass is 473 g/mol. The average molecular weight is 474 g/mol. The quantitative estimate of drug-likeness (QED) is 0.632. The van der Waals surface area contributed by atoms with Crippen LogP contribution in [0.25, 0.3) is 11.0 Å². The van der Waals surface area contributed by atoms with E-state index in [4.69, 9.17) is 32.4 Å². The van der Waals surface area contributed by atoms with E-state index < -0.39 is 6.04 Å². The molecule has 3 heterocycles. The number of halogens is 2. The summed E-state index contributed by atoms with van der Waals surface area (Å²) in [5, 5.41) is 1.28. The molecule has 6 nitrogen and oxygen atoms in total. The van der Waals surface area contributed by atoms with Gasteiger partial charge in [-0.05, 0) is 36.8 Å². The van der Waals surface area contributed by atoms with E-state index in [9.17, 15) is 9.59 Å². The Morgan fingerprint density at radius 1 is 1.06 bits per heavy atom. The van der Waals surface area contributed by atoms with E-state index in [0.717, 1.165) is 30.8 Å². The van der Waals surface area contributed by atoms with Crippen molar-refractivity contribution in [2.24, 2.45) is 0 Å². The molecule has 1 aromatic heterocycles. The van der Waals surface area contributed by atoms with Crippen LogP contribution in [0.5, 0.6) is 0 Å². The van der Waals surface area contributed by atoms with Gasteiger partial charge >= 0.3 is 0 Å². The lowest BCUT2D eigenvalue weighted by Crippen LogP contribution is -3.14. The van der Waals surface area contributed by atoms with Crippen molar-refractivity contribution in [1.29, 1.82) is 0 Å². The van der Waals surface area contributed by atoms with Crippen molar-refractivity contribution in [3.05, 3.63) is 79.1 Å². The van der Waals surface area contributed by atoms with Crippen LogP contribution in [-0.2, 0) is 4.74 Å². The highest BCUT2D eigenvalue weighted by atomic mass is 35.5. The largest absolute Gasteiger partial charge is 0.450 e. The maximum atomic E-state index is 13.6. The number of nitrogens with zero attached hydrogens (tertiary/aromatic N) is 1. The molecule has 1 N–H and O–H groups in total. The van der Waals surface area contributed by atoms with Crippen LogP contribution < -0.4 is 10.3 Å². The summed E-state index contributed by atoms with van der Waals surface area (Å²) in [6, 6.07) is 10.1. The third-order valence-corrected chi connectivity index (χ3v) is 7.03. The van der Waals surface area contributed by atoms with Crippen molar-refractivity contribution in [3.63, 3.8) is 0 Å². The fourth-order valence-corrected chi connectivity index (χ4v) is 4.89. The number of aryl methyl sites for hydroxylation is 1. The molecule has 0 saturated carbocycles. The van der Waals surface area contributed by atoms with Crippen LogP contribution in [0.1, 0.15) is 33.3 Å². The maximum Gasteiger partial charge on any atom is 0.291 e. The van der Waals surface area contributed by atoms with E-state index in [0.29, 0.717) is 46.3 Å². The number of morpholine rings is 1. The lowest BCUT2D eigenvalue weighted by molar-refractivity contribution is -0.907. The third kappa shape index (κ3) is 3.71. The number of fused-ring (bicyclic) bond motifs is 2. The molecule has 1 fully saturated rings. The van der Waals surface area contributed by atoms with E-state index in [1.54, 1.807) is 29.2 Å². The minimum Gasteiger partial charge on any atom is -0.450 e. The Labute approximate surface area is 195 Å². The molecule has 0 unspecified atom stereocenters. The Hall–Kier alpha value is -2.38. The van der Waals surface area contributed by atoms with Crippen molar-refractivity contribution < 1.29 is 18.8 Å². The Bertz CT molecular complexity index is 1270. The van der Waals surface area contributed by atoms with Crippen molar-refractivity contribution in [2.45, 2.75) is 13.0 Å². The third-order valence-electron chi connectivity index (χ3n) is 6.29.